The van der Waals surface area contributed by atoms with Crippen LogP contribution in [0.4, 0.5) is 0 Å². The van der Waals surface area contributed by atoms with Crippen LogP contribution in [0.5, 0.6) is 0 Å². The number of benzene rings is 1. The Morgan fingerprint density at radius 3 is 2.50 bits per heavy atom. The Morgan fingerprint density at radius 1 is 1.25 bits per heavy atom. The number of nitrogens with one attached hydrogen (secondary N) is 1. The number of rotatable bonds is 7. The first-order valence-corrected chi connectivity index (χ1v) is 6.65. The molecule has 16 heavy (non-hydrogen) atoms. The van der Waals surface area contributed by atoms with Crippen LogP contribution in [-0.4, -0.2) is 12.4 Å². The van der Waals surface area contributed by atoms with Crippen LogP contribution in [0.2, 0.25) is 0 Å². The fraction of sp³-hybridized carbons (Fsp3) is 0.571. The Labute approximate surface area is 104 Å². The van der Waals surface area contributed by atoms with Gasteiger partial charge in [-0.05, 0) is 24.4 Å². The lowest BCUT2D eigenvalue weighted by Crippen LogP contribution is -2.27. The van der Waals surface area contributed by atoms with E-state index in [1.54, 1.807) is 0 Å². The first-order chi connectivity index (χ1) is 7.77. The Hall–Kier alpha value is -0.530. The van der Waals surface area contributed by atoms with Crippen LogP contribution in [0, 0.1) is 5.92 Å². The summed E-state index contributed by atoms with van der Waals surface area (Å²) >= 11 is 6.00. The second kappa shape index (κ2) is 7.70. The van der Waals surface area contributed by atoms with Crippen molar-refractivity contribution in [2.75, 3.05) is 12.4 Å². The van der Waals surface area contributed by atoms with Gasteiger partial charge in [0.25, 0.3) is 0 Å². The molecule has 1 rings (SSSR count). The summed E-state index contributed by atoms with van der Waals surface area (Å²) in [5, 5.41) is 3.54. The van der Waals surface area contributed by atoms with E-state index in [4.69, 9.17) is 11.6 Å². The summed E-state index contributed by atoms with van der Waals surface area (Å²) in [7, 11) is 0. The van der Waals surface area contributed by atoms with Crippen LogP contribution in [0.25, 0.3) is 0 Å². The van der Waals surface area contributed by atoms with Gasteiger partial charge in [0, 0.05) is 11.9 Å². The maximum absolute atomic E-state index is 6.00. The number of halogens is 1. The Morgan fingerprint density at radius 2 is 1.94 bits per heavy atom. The van der Waals surface area contributed by atoms with Crippen LogP contribution < -0.4 is 5.32 Å². The molecule has 0 amide bonds. The molecule has 0 bridgehead atoms. The molecule has 0 saturated carbocycles. The Balaban J connectivity index is 2.44. The number of alkyl halides is 1. The fourth-order valence-corrected chi connectivity index (χ4v) is 2.17. The van der Waals surface area contributed by atoms with Crippen molar-refractivity contribution in [2.45, 2.75) is 32.7 Å². The van der Waals surface area contributed by atoms with Crippen LogP contribution in [-0.2, 0) is 0 Å². The summed E-state index contributed by atoms with van der Waals surface area (Å²) in [6.45, 7) is 5.56. The topological polar surface area (TPSA) is 12.0 Å². The summed E-state index contributed by atoms with van der Waals surface area (Å²) in [4.78, 5) is 0. The zero-order valence-electron chi connectivity index (χ0n) is 10.2. The van der Waals surface area contributed by atoms with E-state index in [9.17, 15) is 0 Å². The highest BCUT2D eigenvalue weighted by atomic mass is 35.5. The monoisotopic (exact) mass is 239 g/mol. The second-order valence-electron chi connectivity index (χ2n) is 4.42. The van der Waals surface area contributed by atoms with Gasteiger partial charge in [-0.1, -0.05) is 50.6 Å². The third-order valence-corrected chi connectivity index (χ3v) is 3.16. The van der Waals surface area contributed by atoms with Gasteiger partial charge < -0.3 is 5.32 Å². The first kappa shape index (κ1) is 13.5. The molecule has 0 aliphatic rings. The summed E-state index contributed by atoms with van der Waals surface area (Å²) in [6.07, 6.45) is 2.52. The van der Waals surface area contributed by atoms with Gasteiger partial charge in [-0.2, -0.15) is 0 Å². The maximum atomic E-state index is 6.00. The van der Waals surface area contributed by atoms with Gasteiger partial charge in [-0.15, -0.1) is 11.6 Å². The zero-order valence-corrected chi connectivity index (χ0v) is 11.0. The maximum Gasteiger partial charge on any atom is 0.0457 e. The molecule has 0 fully saturated rings. The number of hydrogen-bond donors (Lipinski definition) is 1. The van der Waals surface area contributed by atoms with Crippen molar-refractivity contribution in [3.05, 3.63) is 35.9 Å². The highest BCUT2D eigenvalue weighted by Gasteiger charge is 2.10. The minimum absolute atomic E-state index is 0.280. The van der Waals surface area contributed by atoms with Crippen molar-refractivity contribution < 1.29 is 0 Å². The summed E-state index contributed by atoms with van der Waals surface area (Å²) in [6, 6.07) is 10.7. The molecule has 1 nitrogen and oxygen atoms in total. The van der Waals surface area contributed by atoms with E-state index in [2.05, 4.69) is 43.4 Å². The summed E-state index contributed by atoms with van der Waals surface area (Å²) in [5.74, 6) is 1.35. The van der Waals surface area contributed by atoms with Gasteiger partial charge in [0.05, 0.1) is 0 Å². The van der Waals surface area contributed by atoms with Gasteiger partial charge in [0.2, 0.25) is 0 Å². The average Bonchev–Trinajstić information content (AvgIpc) is 2.31. The predicted octanol–water partition coefficient (Wildman–Crippen LogP) is 3.99. The van der Waals surface area contributed by atoms with E-state index in [1.165, 1.54) is 18.4 Å². The normalized spacial score (nSPS) is 14.7. The van der Waals surface area contributed by atoms with Gasteiger partial charge in [-0.3, -0.25) is 0 Å². The van der Waals surface area contributed by atoms with E-state index in [0.717, 1.165) is 12.5 Å². The van der Waals surface area contributed by atoms with Crippen LogP contribution in [0.15, 0.2) is 30.3 Å². The van der Waals surface area contributed by atoms with Gasteiger partial charge >= 0.3 is 0 Å². The van der Waals surface area contributed by atoms with Crippen LogP contribution in [0.1, 0.15) is 38.3 Å². The van der Waals surface area contributed by atoms with Crippen molar-refractivity contribution in [2.24, 2.45) is 5.92 Å². The van der Waals surface area contributed by atoms with Crippen molar-refractivity contribution in [1.82, 2.24) is 5.32 Å². The molecule has 0 heterocycles. The molecule has 90 valence electrons. The first-order valence-electron chi connectivity index (χ1n) is 6.12. The molecule has 0 saturated heterocycles. The van der Waals surface area contributed by atoms with E-state index in [0.29, 0.717) is 5.88 Å². The lowest BCUT2D eigenvalue weighted by molar-refractivity contribution is 0.445. The molecule has 0 spiro atoms. The quantitative estimate of drug-likeness (QED) is 0.710. The zero-order chi connectivity index (χ0) is 11.8. The molecule has 2 unspecified atom stereocenters. The molecule has 1 N–H and O–H groups in total. The van der Waals surface area contributed by atoms with Crippen molar-refractivity contribution in [3.63, 3.8) is 0 Å². The highest BCUT2D eigenvalue weighted by Crippen LogP contribution is 2.15. The van der Waals surface area contributed by atoms with Gasteiger partial charge in [0.15, 0.2) is 0 Å². The van der Waals surface area contributed by atoms with Crippen molar-refractivity contribution in [3.8, 4) is 0 Å². The molecular weight excluding hydrogens is 218 g/mol. The van der Waals surface area contributed by atoms with Gasteiger partial charge in [-0.25, -0.2) is 0 Å². The average molecular weight is 240 g/mol. The molecule has 1 aromatic carbocycles. The fourth-order valence-electron chi connectivity index (χ4n) is 1.89. The van der Waals surface area contributed by atoms with Crippen molar-refractivity contribution >= 4 is 11.6 Å². The lowest BCUT2D eigenvalue weighted by atomic mass is 10.0. The molecule has 2 heteroatoms. The largest absolute Gasteiger partial charge is 0.309 e. The highest BCUT2D eigenvalue weighted by molar-refractivity contribution is 6.18. The van der Waals surface area contributed by atoms with Crippen LogP contribution >= 0.6 is 11.6 Å². The van der Waals surface area contributed by atoms with E-state index >= 15 is 0 Å². The minimum Gasteiger partial charge on any atom is -0.309 e. The molecule has 1 aromatic rings. The van der Waals surface area contributed by atoms with E-state index < -0.39 is 0 Å². The lowest BCUT2D eigenvalue weighted by Gasteiger charge is -2.19. The smallest absolute Gasteiger partial charge is 0.0457 e. The predicted molar refractivity (Wildman–Crippen MR) is 72.0 cm³/mol. The molecule has 0 aliphatic heterocycles. The molecule has 0 aliphatic carbocycles. The van der Waals surface area contributed by atoms with Crippen molar-refractivity contribution in [1.29, 1.82) is 0 Å². The standard InChI is InChI=1S/C14H22ClN/c1-3-7-12(2)11-16-14(10-15)13-8-5-4-6-9-13/h4-6,8-9,12,14,16H,3,7,10-11H2,1-2H3. The SMILES string of the molecule is CCCC(C)CNC(CCl)c1ccccc1. The van der Waals surface area contributed by atoms with E-state index in [1.807, 2.05) is 6.07 Å². The Bertz CT molecular complexity index is 273. The minimum atomic E-state index is 0.280. The molecule has 0 aromatic heterocycles. The van der Waals surface area contributed by atoms with E-state index in [-0.39, 0.29) is 6.04 Å². The summed E-state index contributed by atoms with van der Waals surface area (Å²) in [5.41, 5.74) is 1.28. The molecule has 2 atom stereocenters. The third-order valence-electron chi connectivity index (χ3n) is 2.85. The van der Waals surface area contributed by atoms with Gasteiger partial charge in [0.1, 0.15) is 0 Å². The third kappa shape index (κ3) is 4.54. The second-order valence-corrected chi connectivity index (χ2v) is 4.73. The summed E-state index contributed by atoms with van der Waals surface area (Å²) < 4.78 is 0. The van der Waals surface area contributed by atoms with Crippen LogP contribution in [0.3, 0.4) is 0 Å². The number of hydrogen-bond acceptors (Lipinski definition) is 1. The molecule has 0 radical (unpaired) electrons. The molecular formula is C14H22ClN. The Kier molecular flexibility index (Phi) is 6.51.